The zero-order valence-corrected chi connectivity index (χ0v) is 7.49. The first-order chi connectivity index (χ1) is 6.83. The Balaban J connectivity index is 2.54. The Morgan fingerprint density at radius 2 is 2.29 bits per heavy atom. The summed E-state index contributed by atoms with van der Waals surface area (Å²) in [5.74, 6) is 0.145. The molecular weight excluding hydrogens is 185 g/mol. The number of aromatic amines is 1. The van der Waals surface area contributed by atoms with Crippen molar-refractivity contribution in [3.8, 4) is 17.1 Å². The molecule has 0 unspecified atom stereocenters. The van der Waals surface area contributed by atoms with Crippen molar-refractivity contribution in [3.05, 3.63) is 30.3 Å². The smallest absolute Gasteiger partial charge is 0.176 e. The minimum atomic E-state index is -0.438. The zero-order chi connectivity index (χ0) is 9.97. The topological polar surface area (TPSA) is 50.8 Å². The van der Waals surface area contributed by atoms with Crippen LogP contribution < -0.4 is 4.74 Å². The van der Waals surface area contributed by atoms with Crippen molar-refractivity contribution in [2.24, 2.45) is 0 Å². The highest BCUT2D eigenvalue weighted by Crippen LogP contribution is 2.25. The van der Waals surface area contributed by atoms with Crippen LogP contribution in [0.2, 0.25) is 0 Å². The molecule has 0 saturated heterocycles. The van der Waals surface area contributed by atoms with Crippen LogP contribution in [0.25, 0.3) is 11.4 Å². The minimum Gasteiger partial charge on any atom is -0.494 e. The van der Waals surface area contributed by atoms with E-state index in [0.717, 1.165) is 0 Å². The van der Waals surface area contributed by atoms with E-state index in [0.29, 0.717) is 11.4 Å². The maximum absolute atomic E-state index is 13.6. The molecule has 0 radical (unpaired) electrons. The first-order valence-electron chi connectivity index (χ1n) is 4.01. The molecule has 0 spiro atoms. The first-order valence-corrected chi connectivity index (χ1v) is 4.01. The predicted molar refractivity (Wildman–Crippen MR) is 48.3 cm³/mol. The molecule has 72 valence electrons. The second-order valence-electron chi connectivity index (χ2n) is 2.66. The summed E-state index contributed by atoms with van der Waals surface area (Å²) in [5.41, 5.74) is 0.349. The van der Waals surface area contributed by atoms with E-state index in [4.69, 9.17) is 4.74 Å². The van der Waals surface area contributed by atoms with Gasteiger partial charge in [-0.3, -0.25) is 5.10 Å². The lowest BCUT2D eigenvalue weighted by Gasteiger charge is -2.04. The maximum Gasteiger partial charge on any atom is 0.176 e. The van der Waals surface area contributed by atoms with Gasteiger partial charge >= 0.3 is 0 Å². The second kappa shape index (κ2) is 3.45. The molecule has 0 aliphatic carbocycles. The fourth-order valence-corrected chi connectivity index (χ4v) is 1.19. The lowest BCUT2D eigenvalue weighted by atomic mass is 10.2. The van der Waals surface area contributed by atoms with Crippen LogP contribution in [0.4, 0.5) is 4.39 Å². The van der Waals surface area contributed by atoms with E-state index in [1.165, 1.54) is 13.4 Å². The SMILES string of the molecule is COc1cccc(-c2ncn[nH]2)c1F. The molecule has 4 nitrogen and oxygen atoms in total. The van der Waals surface area contributed by atoms with Crippen molar-refractivity contribution in [2.75, 3.05) is 7.11 Å². The van der Waals surface area contributed by atoms with Crippen LogP contribution in [0.5, 0.6) is 5.75 Å². The highest BCUT2D eigenvalue weighted by atomic mass is 19.1. The summed E-state index contributed by atoms with van der Waals surface area (Å²) in [4.78, 5) is 3.86. The number of nitrogens with zero attached hydrogens (tertiary/aromatic N) is 2. The molecule has 1 N–H and O–H groups in total. The summed E-state index contributed by atoms with van der Waals surface area (Å²) >= 11 is 0. The molecule has 1 aromatic heterocycles. The highest BCUT2D eigenvalue weighted by Gasteiger charge is 2.11. The van der Waals surface area contributed by atoms with Crippen LogP contribution >= 0.6 is 0 Å². The number of nitrogens with one attached hydrogen (secondary N) is 1. The fourth-order valence-electron chi connectivity index (χ4n) is 1.19. The van der Waals surface area contributed by atoms with Crippen molar-refractivity contribution in [3.63, 3.8) is 0 Å². The molecule has 5 heteroatoms. The number of benzene rings is 1. The average molecular weight is 193 g/mol. The fraction of sp³-hybridized carbons (Fsp3) is 0.111. The van der Waals surface area contributed by atoms with E-state index in [1.54, 1.807) is 18.2 Å². The van der Waals surface area contributed by atoms with Crippen molar-refractivity contribution in [1.82, 2.24) is 15.2 Å². The molecule has 0 atom stereocenters. The third-order valence-electron chi connectivity index (χ3n) is 1.85. The molecule has 0 aliphatic heterocycles. The van der Waals surface area contributed by atoms with Gasteiger partial charge in [0.25, 0.3) is 0 Å². The van der Waals surface area contributed by atoms with Crippen LogP contribution in [0, 0.1) is 5.82 Å². The van der Waals surface area contributed by atoms with Crippen LogP contribution in [-0.4, -0.2) is 22.3 Å². The standard InChI is InChI=1S/C9H8FN3O/c1-14-7-4-2-3-6(8(7)10)9-11-5-12-13-9/h2-5H,1H3,(H,11,12,13). The Morgan fingerprint density at radius 3 is 2.93 bits per heavy atom. The number of rotatable bonds is 2. The maximum atomic E-state index is 13.6. The third-order valence-corrected chi connectivity index (χ3v) is 1.85. The van der Waals surface area contributed by atoms with Gasteiger partial charge < -0.3 is 4.74 Å². The first kappa shape index (κ1) is 8.68. The molecule has 0 fully saturated rings. The van der Waals surface area contributed by atoms with Gasteiger partial charge in [0.2, 0.25) is 0 Å². The summed E-state index contributed by atoms with van der Waals surface area (Å²) in [6, 6.07) is 4.85. The Bertz CT molecular complexity index is 428. The number of halogens is 1. The van der Waals surface area contributed by atoms with Crippen molar-refractivity contribution in [2.45, 2.75) is 0 Å². The molecule has 0 bridgehead atoms. The number of methoxy groups -OCH3 is 1. The number of ether oxygens (including phenoxy) is 1. The summed E-state index contributed by atoms with van der Waals surface area (Å²) < 4.78 is 18.5. The molecule has 2 aromatic rings. The summed E-state index contributed by atoms with van der Waals surface area (Å²) in [6.07, 6.45) is 1.33. The van der Waals surface area contributed by atoms with E-state index < -0.39 is 5.82 Å². The Kier molecular flexibility index (Phi) is 2.14. The van der Waals surface area contributed by atoms with Gasteiger partial charge in [0, 0.05) is 0 Å². The van der Waals surface area contributed by atoms with E-state index in [-0.39, 0.29) is 5.75 Å². The monoisotopic (exact) mass is 193 g/mol. The molecule has 0 amide bonds. The van der Waals surface area contributed by atoms with E-state index in [9.17, 15) is 4.39 Å². The van der Waals surface area contributed by atoms with Gasteiger partial charge in [-0.25, -0.2) is 9.37 Å². The summed E-state index contributed by atoms with van der Waals surface area (Å²) in [7, 11) is 1.42. The van der Waals surface area contributed by atoms with Gasteiger partial charge in [0.1, 0.15) is 6.33 Å². The highest BCUT2D eigenvalue weighted by molar-refractivity contribution is 5.58. The van der Waals surface area contributed by atoms with Gasteiger partial charge in [0.05, 0.1) is 12.7 Å². The Labute approximate surface area is 79.7 Å². The molecule has 14 heavy (non-hydrogen) atoms. The van der Waals surface area contributed by atoms with Crippen LogP contribution in [0.3, 0.4) is 0 Å². The number of aromatic nitrogens is 3. The van der Waals surface area contributed by atoms with Gasteiger partial charge in [-0.2, -0.15) is 5.10 Å². The third kappa shape index (κ3) is 1.32. The normalized spacial score (nSPS) is 10.1. The van der Waals surface area contributed by atoms with Crippen molar-refractivity contribution in [1.29, 1.82) is 0 Å². The van der Waals surface area contributed by atoms with Crippen molar-refractivity contribution >= 4 is 0 Å². The van der Waals surface area contributed by atoms with E-state index >= 15 is 0 Å². The Morgan fingerprint density at radius 1 is 1.43 bits per heavy atom. The minimum absolute atomic E-state index is 0.193. The van der Waals surface area contributed by atoms with E-state index in [1.807, 2.05) is 0 Å². The lowest BCUT2D eigenvalue weighted by Crippen LogP contribution is -1.92. The molecule has 1 heterocycles. The van der Waals surface area contributed by atoms with Gasteiger partial charge in [-0.1, -0.05) is 6.07 Å². The molecule has 0 saturated carbocycles. The lowest BCUT2D eigenvalue weighted by molar-refractivity contribution is 0.387. The summed E-state index contributed by atoms with van der Waals surface area (Å²) in [5, 5.41) is 6.24. The molecular formula is C9H8FN3O. The second-order valence-corrected chi connectivity index (χ2v) is 2.66. The predicted octanol–water partition coefficient (Wildman–Crippen LogP) is 1.62. The van der Waals surface area contributed by atoms with Gasteiger partial charge in [-0.15, -0.1) is 0 Å². The number of H-pyrrole nitrogens is 1. The van der Waals surface area contributed by atoms with E-state index in [2.05, 4.69) is 15.2 Å². The molecule has 2 rings (SSSR count). The number of hydrogen-bond donors (Lipinski definition) is 1. The largest absolute Gasteiger partial charge is 0.494 e. The molecule has 1 aromatic carbocycles. The molecule has 0 aliphatic rings. The van der Waals surface area contributed by atoms with Crippen molar-refractivity contribution < 1.29 is 9.13 Å². The average Bonchev–Trinajstić information content (AvgIpc) is 2.71. The zero-order valence-electron chi connectivity index (χ0n) is 7.49. The van der Waals surface area contributed by atoms with Crippen LogP contribution in [0.1, 0.15) is 0 Å². The van der Waals surface area contributed by atoms with Crippen LogP contribution in [0.15, 0.2) is 24.5 Å². The quantitative estimate of drug-likeness (QED) is 0.788. The summed E-state index contributed by atoms with van der Waals surface area (Å²) in [6.45, 7) is 0. The Hall–Kier alpha value is -1.91. The number of hydrogen-bond acceptors (Lipinski definition) is 3. The van der Waals surface area contributed by atoms with Gasteiger partial charge in [-0.05, 0) is 12.1 Å². The van der Waals surface area contributed by atoms with Crippen LogP contribution in [-0.2, 0) is 0 Å². The van der Waals surface area contributed by atoms with Gasteiger partial charge in [0.15, 0.2) is 17.4 Å².